The van der Waals surface area contributed by atoms with E-state index in [0.29, 0.717) is 23.3 Å². The molecule has 7 atom stereocenters. The second kappa shape index (κ2) is 9.00. The topological polar surface area (TPSA) is 46.5 Å². The maximum Gasteiger partial charge on any atom is 0.337 e. The number of ether oxygens (including phenoxy) is 1. The van der Waals surface area contributed by atoms with Crippen LogP contribution < -0.4 is 0 Å². The van der Waals surface area contributed by atoms with Gasteiger partial charge in [0.1, 0.15) is 5.76 Å². The zero-order valence-electron chi connectivity index (χ0n) is 23.2. The monoisotopic (exact) mass is 470 g/mol. The highest BCUT2D eigenvalue weighted by molar-refractivity contribution is 5.89. The van der Waals surface area contributed by atoms with Gasteiger partial charge in [0, 0.05) is 5.92 Å². The summed E-state index contributed by atoms with van der Waals surface area (Å²) in [7, 11) is 1.43. The third-order valence-corrected chi connectivity index (χ3v) is 11.6. The van der Waals surface area contributed by atoms with E-state index in [-0.39, 0.29) is 28.5 Å². The van der Waals surface area contributed by atoms with Crippen LogP contribution in [0.5, 0.6) is 0 Å². The number of rotatable bonds is 6. The van der Waals surface area contributed by atoms with Gasteiger partial charge in [0.15, 0.2) is 0 Å². The molecule has 4 aliphatic rings. The molecule has 0 aliphatic heterocycles. The minimum atomic E-state index is -0.347. The van der Waals surface area contributed by atoms with Gasteiger partial charge in [-0.2, -0.15) is 0 Å². The lowest BCUT2D eigenvalue weighted by atomic mass is 9.45. The third kappa shape index (κ3) is 3.70. The van der Waals surface area contributed by atoms with Gasteiger partial charge in [-0.05, 0) is 84.9 Å². The van der Waals surface area contributed by atoms with Gasteiger partial charge in [0.2, 0.25) is 0 Å². The molecule has 3 unspecified atom stereocenters. The summed E-state index contributed by atoms with van der Waals surface area (Å²) in [5.74, 6) is 2.75. The second-order valence-electron chi connectivity index (χ2n) is 13.5. The van der Waals surface area contributed by atoms with Crippen molar-refractivity contribution in [3.8, 4) is 0 Å². The lowest BCUT2D eigenvalue weighted by molar-refractivity contribution is -0.137. The van der Waals surface area contributed by atoms with Crippen molar-refractivity contribution in [3.63, 3.8) is 0 Å². The van der Waals surface area contributed by atoms with E-state index in [0.717, 1.165) is 30.6 Å². The van der Waals surface area contributed by atoms with E-state index in [1.165, 1.54) is 52.1 Å². The summed E-state index contributed by atoms with van der Waals surface area (Å²) in [6.45, 7) is 16.9. The molecule has 0 aromatic heterocycles. The van der Waals surface area contributed by atoms with Crippen LogP contribution in [0.4, 0.5) is 0 Å². The number of fused-ring (bicyclic) bond motifs is 4. The van der Waals surface area contributed by atoms with E-state index in [1.54, 1.807) is 11.1 Å². The standard InChI is InChI=1S/C31H50O3/c1-19(2)10-9-11-20(3)23-14-16-31(7)26-13-12-24-21(4)27(32)22(28(33)34-8)18-29(24,5)25(26)15-17-30(23,31)6/h19-21,23-24,32H,9-18H2,1-8H3/t20?,21-,23?,24?,29-,30+,31-/m0/s1. The Morgan fingerprint density at radius 2 is 1.76 bits per heavy atom. The molecule has 192 valence electrons. The summed E-state index contributed by atoms with van der Waals surface area (Å²) in [6, 6.07) is 0. The van der Waals surface area contributed by atoms with Crippen LogP contribution in [-0.4, -0.2) is 18.2 Å². The normalized spacial score (nSPS) is 40.7. The number of allylic oxidation sites excluding steroid dienone is 3. The lowest BCUT2D eigenvalue weighted by Crippen LogP contribution is -2.50. The van der Waals surface area contributed by atoms with E-state index in [2.05, 4.69) is 48.5 Å². The van der Waals surface area contributed by atoms with Gasteiger partial charge in [-0.3, -0.25) is 0 Å². The predicted molar refractivity (Wildman–Crippen MR) is 139 cm³/mol. The summed E-state index contributed by atoms with van der Waals surface area (Å²) in [5.41, 5.74) is 4.48. The maximum absolute atomic E-state index is 12.6. The fourth-order valence-electron chi connectivity index (χ4n) is 9.41. The van der Waals surface area contributed by atoms with Crippen molar-refractivity contribution in [2.45, 2.75) is 113 Å². The van der Waals surface area contributed by atoms with Crippen LogP contribution in [0, 0.1) is 45.8 Å². The highest BCUT2D eigenvalue weighted by atomic mass is 16.5. The molecule has 4 rings (SSSR count). The molecule has 3 nitrogen and oxygen atoms in total. The number of hydrogen-bond acceptors (Lipinski definition) is 3. The molecule has 0 spiro atoms. The first kappa shape index (κ1) is 25.8. The largest absolute Gasteiger partial charge is 0.511 e. The van der Waals surface area contributed by atoms with Crippen molar-refractivity contribution < 1.29 is 14.6 Å². The number of carbonyl (C=O) groups is 1. The molecule has 0 aromatic carbocycles. The minimum Gasteiger partial charge on any atom is -0.511 e. The molecule has 4 aliphatic carbocycles. The number of esters is 1. The third-order valence-electron chi connectivity index (χ3n) is 11.6. The van der Waals surface area contributed by atoms with Crippen LogP contribution in [0.3, 0.4) is 0 Å². The SMILES string of the molecule is COC(=O)C1=C(O)[C@@H](C)C2CCC3=C(CC[C@]4(C)C(C(C)CCCC(C)C)CC[C@@]34C)[C@@]2(C)C1. The zero-order chi connectivity index (χ0) is 25.1. The molecular weight excluding hydrogens is 420 g/mol. The Balaban J connectivity index is 1.66. The summed E-state index contributed by atoms with van der Waals surface area (Å²) in [4.78, 5) is 12.6. The molecule has 34 heavy (non-hydrogen) atoms. The zero-order valence-corrected chi connectivity index (χ0v) is 23.2. The quantitative estimate of drug-likeness (QED) is 0.313. The van der Waals surface area contributed by atoms with Crippen LogP contribution in [0.1, 0.15) is 113 Å². The maximum atomic E-state index is 12.6. The first-order valence-corrected chi connectivity index (χ1v) is 14.1. The van der Waals surface area contributed by atoms with Gasteiger partial charge < -0.3 is 9.84 Å². The molecule has 1 fully saturated rings. The number of carbonyl (C=O) groups excluding carboxylic acids is 1. The molecule has 1 N–H and O–H groups in total. The van der Waals surface area contributed by atoms with Gasteiger partial charge in [0.25, 0.3) is 0 Å². The Bertz CT molecular complexity index is 881. The summed E-state index contributed by atoms with van der Waals surface area (Å²) in [5, 5.41) is 10.9. The van der Waals surface area contributed by atoms with Crippen LogP contribution in [-0.2, 0) is 9.53 Å². The molecule has 0 aromatic rings. The number of hydrogen-bond donors (Lipinski definition) is 1. The molecule has 0 amide bonds. The van der Waals surface area contributed by atoms with Crippen LogP contribution in [0.15, 0.2) is 22.5 Å². The van der Waals surface area contributed by atoms with Crippen LogP contribution >= 0.6 is 0 Å². The van der Waals surface area contributed by atoms with Crippen molar-refractivity contribution in [3.05, 3.63) is 22.5 Å². The Morgan fingerprint density at radius 1 is 1.06 bits per heavy atom. The Labute approximate surface area is 208 Å². The summed E-state index contributed by atoms with van der Waals surface area (Å²) >= 11 is 0. The van der Waals surface area contributed by atoms with Crippen molar-refractivity contribution >= 4 is 5.97 Å². The Hall–Kier alpha value is -1.25. The number of aliphatic hydroxyl groups is 1. The van der Waals surface area contributed by atoms with Crippen molar-refractivity contribution in [2.75, 3.05) is 7.11 Å². The van der Waals surface area contributed by atoms with E-state index in [1.807, 2.05) is 0 Å². The fourth-order valence-corrected chi connectivity index (χ4v) is 9.41. The first-order valence-electron chi connectivity index (χ1n) is 14.1. The van der Waals surface area contributed by atoms with E-state index in [9.17, 15) is 9.90 Å². The smallest absolute Gasteiger partial charge is 0.337 e. The molecule has 0 heterocycles. The molecule has 1 saturated carbocycles. The van der Waals surface area contributed by atoms with Gasteiger partial charge in [0.05, 0.1) is 12.7 Å². The number of aliphatic hydroxyl groups excluding tert-OH is 1. The van der Waals surface area contributed by atoms with Crippen molar-refractivity contribution in [2.24, 2.45) is 45.8 Å². The van der Waals surface area contributed by atoms with E-state index in [4.69, 9.17) is 4.74 Å². The average molecular weight is 471 g/mol. The first-order chi connectivity index (χ1) is 15.9. The predicted octanol–water partition coefficient (Wildman–Crippen LogP) is 8.40. The van der Waals surface area contributed by atoms with Gasteiger partial charge in [-0.25, -0.2) is 4.79 Å². The molecular formula is C31H50O3. The molecule has 0 bridgehead atoms. The van der Waals surface area contributed by atoms with Gasteiger partial charge >= 0.3 is 5.97 Å². The van der Waals surface area contributed by atoms with Gasteiger partial charge in [-0.1, -0.05) is 78.9 Å². The molecule has 3 heteroatoms. The summed E-state index contributed by atoms with van der Waals surface area (Å²) < 4.78 is 5.09. The van der Waals surface area contributed by atoms with Crippen molar-refractivity contribution in [1.82, 2.24) is 0 Å². The van der Waals surface area contributed by atoms with E-state index < -0.39 is 0 Å². The molecule has 0 radical (unpaired) electrons. The van der Waals surface area contributed by atoms with Crippen LogP contribution in [0.2, 0.25) is 0 Å². The van der Waals surface area contributed by atoms with Crippen LogP contribution in [0.25, 0.3) is 0 Å². The average Bonchev–Trinajstić information content (AvgIpc) is 3.07. The highest BCUT2D eigenvalue weighted by Gasteiger charge is 2.62. The second-order valence-corrected chi connectivity index (χ2v) is 13.5. The highest BCUT2D eigenvalue weighted by Crippen LogP contribution is 2.71. The summed E-state index contributed by atoms with van der Waals surface area (Å²) in [6.07, 6.45) is 12.1. The Morgan fingerprint density at radius 3 is 2.41 bits per heavy atom. The van der Waals surface area contributed by atoms with Gasteiger partial charge in [-0.15, -0.1) is 0 Å². The van der Waals surface area contributed by atoms with Crippen molar-refractivity contribution in [1.29, 1.82) is 0 Å². The fraction of sp³-hybridized carbons (Fsp3) is 0.839. The number of methoxy groups -OCH3 is 1. The molecule has 0 saturated heterocycles. The Kier molecular flexibility index (Phi) is 6.84. The lowest BCUT2D eigenvalue weighted by Gasteiger charge is -2.59. The minimum absolute atomic E-state index is 0.0142. The van der Waals surface area contributed by atoms with E-state index >= 15 is 0 Å².